The minimum atomic E-state index is 0.0998. The minimum absolute atomic E-state index is 0.0998. The molecule has 218 valence electrons. The molecule has 2 aromatic rings. The fourth-order valence-corrected chi connectivity index (χ4v) is 7.66. The average Bonchev–Trinajstić information content (AvgIpc) is 3.53. The zero-order valence-electron chi connectivity index (χ0n) is 25.3. The molecule has 0 radical (unpaired) electrons. The van der Waals surface area contributed by atoms with E-state index in [4.69, 9.17) is 4.98 Å². The monoisotopic (exact) mass is 582 g/mol. The van der Waals surface area contributed by atoms with Crippen molar-refractivity contribution < 1.29 is 0 Å². The normalized spacial score (nSPS) is 24.7. The van der Waals surface area contributed by atoms with Crippen LogP contribution in [-0.2, 0) is 0 Å². The lowest BCUT2D eigenvalue weighted by molar-refractivity contribution is 0.589. The molecule has 1 aromatic carbocycles. The van der Waals surface area contributed by atoms with Crippen molar-refractivity contribution >= 4 is 11.3 Å². The zero-order chi connectivity index (χ0) is 30.3. The molecule has 1 aromatic heterocycles. The van der Waals surface area contributed by atoms with E-state index < -0.39 is 0 Å². The number of fused-ring (bicyclic) bond motifs is 5. The first kappa shape index (κ1) is 27.4. The highest BCUT2D eigenvalue weighted by Crippen LogP contribution is 2.50. The third-order valence-electron chi connectivity index (χ3n) is 10.0. The second-order valence-electron chi connectivity index (χ2n) is 12.6. The van der Waals surface area contributed by atoms with Gasteiger partial charge < -0.3 is 0 Å². The van der Waals surface area contributed by atoms with Crippen molar-refractivity contribution in [3.8, 4) is 23.4 Å². The second-order valence-corrected chi connectivity index (χ2v) is 12.6. The van der Waals surface area contributed by atoms with Crippen LogP contribution in [0.25, 0.3) is 22.5 Å². The fourth-order valence-electron chi connectivity index (χ4n) is 7.66. The lowest BCUT2D eigenvalue weighted by atomic mass is 9.74. The van der Waals surface area contributed by atoms with E-state index in [1.807, 2.05) is 18.2 Å². The van der Waals surface area contributed by atoms with E-state index in [1.165, 1.54) is 28.0 Å². The molecule has 6 aliphatic rings. The van der Waals surface area contributed by atoms with Crippen LogP contribution in [0.5, 0.6) is 0 Å². The Balaban J connectivity index is 1.25. The molecule has 0 amide bonds. The summed E-state index contributed by atoms with van der Waals surface area (Å²) in [5.41, 5.74) is 12.4. The molecule has 4 nitrogen and oxygen atoms in total. The van der Waals surface area contributed by atoms with Gasteiger partial charge in [-0.15, -0.1) is 0 Å². The molecule has 8 rings (SSSR count). The molecule has 3 atom stereocenters. The van der Waals surface area contributed by atoms with Gasteiger partial charge in [0, 0.05) is 34.6 Å². The van der Waals surface area contributed by atoms with Crippen molar-refractivity contribution in [1.29, 1.82) is 10.5 Å². The Morgan fingerprint density at radius 2 is 1.64 bits per heavy atom. The number of rotatable bonds is 4. The van der Waals surface area contributed by atoms with Gasteiger partial charge in [0.2, 0.25) is 0 Å². The maximum Gasteiger partial charge on any atom is 0.122 e. The Bertz CT molecular complexity index is 1990. The fraction of sp³-hybridized carbons (Fsp3) is 0.244. The summed E-state index contributed by atoms with van der Waals surface area (Å²) in [5.74, 6) is 1.87. The summed E-state index contributed by atoms with van der Waals surface area (Å²) in [6.45, 7) is 0. The number of nitrogens with zero attached hydrogens (tertiary/aromatic N) is 4. The molecule has 45 heavy (non-hydrogen) atoms. The van der Waals surface area contributed by atoms with Crippen LogP contribution in [0.3, 0.4) is 0 Å². The predicted octanol–water partition coefficient (Wildman–Crippen LogP) is 9.60. The summed E-state index contributed by atoms with van der Waals surface area (Å²) in [7, 11) is 0. The SMILES string of the molecule is N#CC1=CC=C(c2nc3n(c2-c2ccc(C#N)cc2)C2=C(C=CCC2)C2C=CC(C4=CCC(C5=CCCC=C5)C=C4)=CC32)CC1. The van der Waals surface area contributed by atoms with Crippen LogP contribution < -0.4 is 0 Å². The number of allylic oxidation sites excluding steroid dienone is 20. The molecular formula is C41H34N4. The van der Waals surface area contributed by atoms with Crippen LogP contribution in [0.15, 0.2) is 131 Å². The van der Waals surface area contributed by atoms with Gasteiger partial charge in [-0.25, -0.2) is 4.98 Å². The van der Waals surface area contributed by atoms with Crippen molar-refractivity contribution in [3.05, 3.63) is 148 Å². The lowest BCUT2D eigenvalue weighted by Crippen LogP contribution is -2.26. The predicted molar refractivity (Wildman–Crippen MR) is 180 cm³/mol. The number of hydrogen-bond acceptors (Lipinski definition) is 3. The molecule has 1 aliphatic heterocycles. The topological polar surface area (TPSA) is 65.4 Å². The molecule has 4 heteroatoms. The van der Waals surface area contributed by atoms with Gasteiger partial charge in [-0.1, -0.05) is 85.0 Å². The Kier molecular flexibility index (Phi) is 6.92. The third-order valence-corrected chi connectivity index (χ3v) is 10.0. The van der Waals surface area contributed by atoms with Crippen molar-refractivity contribution in [1.82, 2.24) is 9.55 Å². The van der Waals surface area contributed by atoms with Gasteiger partial charge in [0.1, 0.15) is 5.82 Å². The Labute approximate surface area is 265 Å². The van der Waals surface area contributed by atoms with E-state index in [0.717, 1.165) is 78.9 Å². The number of aromatic nitrogens is 2. The van der Waals surface area contributed by atoms with E-state index >= 15 is 0 Å². The molecule has 0 spiro atoms. The first-order valence-corrected chi connectivity index (χ1v) is 16.2. The van der Waals surface area contributed by atoms with Crippen molar-refractivity contribution in [2.75, 3.05) is 0 Å². The number of hydrogen-bond donors (Lipinski definition) is 0. The van der Waals surface area contributed by atoms with Gasteiger partial charge >= 0.3 is 0 Å². The highest BCUT2D eigenvalue weighted by molar-refractivity contribution is 5.84. The zero-order valence-corrected chi connectivity index (χ0v) is 25.3. The third kappa shape index (κ3) is 4.79. The van der Waals surface area contributed by atoms with E-state index in [-0.39, 0.29) is 11.8 Å². The quantitative estimate of drug-likeness (QED) is 0.360. The molecule has 0 fully saturated rings. The van der Waals surface area contributed by atoms with Gasteiger partial charge in [-0.2, -0.15) is 10.5 Å². The minimum Gasteiger partial charge on any atom is -0.299 e. The number of nitriles is 2. The van der Waals surface area contributed by atoms with Crippen LogP contribution in [0.4, 0.5) is 0 Å². The van der Waals surface area contributed by atoms with E-state index in [1.54, 1.807) is 0 Å². The number of benzene rings is 1. The van der Waals surface area contributed by atoms with Crippen LogP contribution >= 0.6 is 0 Å². The average molecular weight is 583 g/mol. The van der Waals surface area contributed by atoms with Gasteiger partial charge in [0.15, 0.2) is 0 Å². The largest absolute Gasteiger partial charge is 0.299 e. The summed E-state index contributed by atoms with van der Waals surface area (Å²) in [6, 6.07) is 12.5. The van der Waals surface area contributed by atoms with Gasteiger partial charge in [0.05, 0.1) is 29.1 Å². The Hall–Kier alpha value is -5.19. The van der Waals surface area contributed by atoms with Crippen molar-refractivity contribution in [2.24, 2.45) is 11.8 Å². The van der Waals surface area contributed by atoms with E-state index in [0.29, 0.717) is 11.5 Å². The van der Waals surface area contributed by atoms with Gasteiger partial charge in [-0.05, 0) is 91.0 Å². The highest BCUT2D eigenvalue weighted by atomic mass is 15.1. The van der Waals surface area contributed by atoms with Crippen LogP contribution in [-0.4, -0.2) is 9.55 Å². The maximum atomic E-state index is 9.50. The molecule has 0 N–H and O–H groups in total. The smallest absolute Gasteiger partial charge is 0.122 e. The van der Waals surface area contributed by atoms with E-state index in [9.17, 15) is 10.5 Å². The summed E-state index contributed by atoms with van der Waals surface area (Å²) < 4.78 is 2.44. The number of imidazole rings is 1. The molecule has 0 saturated heterocycles. The van der Waals surface area contributed by atoms with Crippen LogP contribution in [0, 0.1) is 34.5 Å². The molecular weight excluding hydrogens is 548 g/mol. The van der Waals surface area contributed by atoms with Crippen molar-refractivity contribution in [2.45, 2.75) is 50.9 Å². The summed E-state index contributed by atoms with van der Waals surface area (Å²) in [5, 5.41) is 19.0. The Morgan fingerprint density at radius 3 is 2.38 bits per heavy atom. The van der Waals surface area contributed by atoms with Crippen LogP contribution in [0.1, 0.15) is 67.9 Å². The first-order chi connectivity index (χ1) is 22.2. The first-order valence-electron chi connectivity index (χ1n) is 16.2. The second kappa shape index (κ2) is 11.4. The lowest BCUT2D eigenvalue weighted by Gasteiger charge is -2.36. The summed E-state index contributed by atoms with van der Waals surface area (Å²) in [6.07, 6.45) is 36.7. The van der Waals surface area contributed by atoms with Gasteiger partial charge in [0.25, 0.3) is 0 Å². The maximum absolute atomic E-state index is 9.50. The summed E-state index contributed by atoms with van der Waals surface area (Å²) >= 11 is 0. The van der Waals surface area contributed by atoms with Crippen LogP contribution in [0.2, 0.25) is 0 Å². The molecule has 3 unspecified atom stereocenters. The molecule has 5 aliphatic carbocycles. The molecule has 2 heterocycles. The standard InChI is InChI=1S/C41H34N4/c42-25-27-10-14-32(15-11-27)39-40(33-16-12-28(26-43)13-17-33)45-38-9-5-4-8-36(38)35-23-22-34(24-37(35)41(45)44-39)31-20-18-30(19-21-31)29-6-2-1-3-7-29/h2,4,6-8,10,12-14,16-18,20-24,30,35,37H,1,3,5,9,11,15,19H2. The Morgan fingerprint density at radius 1 is 0.778 bits per heavy atom. The molecule has 0 saturated carbocycles. The highest BCUT2D eigenvalue weighted by Gasteiger charge is 2.39. The summed E-state index contributed by atoms with van der Waals surface area (Å²) in [4.78, 5) is 5.50. The molecule has 0 bridgehead atoms. The van der Waals surface area contributed by atoms with Gasteiger partial charge in [-0.3, -0.25) is 4.57 Å². The van der Waals surface area contributed by atoms with Crippen molar-refractivity contribution in [3.63, 3.8) is 0 Å². The van der Waals surface area contributed by atoms with E-state index in [2.05, 4.69) is 102 Å².